The zero-order valence-electron chi connectivity index (χ0n) is 11.3. The minimum absolute atomic E-state index is 0.715. The highest BCUT2D eigenvalue weighted by atomic mass is 32.2. The van der Waals surface area contributed by atoms with Gasteiger partial charge in [-0.15, -0.1) is 0 Å². The molecule has 0 aromatic carbocycles. The lowest BCUT2D eigenvalue weighted by Crippen LogP contribution is -2.35. The predicted octanol–water partition coefficient (Wildman–Crippen LogP) is 4.08. The Morgan fingerprint density at radius 1 is 1.25 bits per heavy atom. The lowest BCUT2D eigenvalue weighted by atomic mass is 9.98. The first kappa shape index (κ1) is 14.4. The molecule has 1 N–H and O–H groups in total. The normalized spacial score (nSPS) is 21.9. The van der Waals surface area contributed by atoms with E-state index in [2.05, 4.69) is 38.0 Å². The maximum atomic E-state index is 3.51. The van der Waals surface area contributed by atoms with E-state index in [1.807, 2.05) is 0 Å². The van der Waals surface area contributed by atoms with E-state index >= 15 is 0 Å². The van der Waals surface area contributed by atoms with Crippen LogP contribution in [0.2, 0.25) is 0 Å². The molecular weight excluding hydrogens is 214 g/mol. The summed E-state index contributed by atoms with van der Waals surface area (Å²) >= 11 is 2.22. The van der Waals surface area contributed by atoms with Crippen molar-refractivity contribution in [2.75, 3.05) is 12.8 Å². The Bertz CT molecular complexity index is 166. The molecule has 0 amide bonds. The fourth-order valence-corrected chi connectivity index (χ4v) is 4.30. The number of hydrogen-bond donors (Lipinski definition) is 1. The number of rotatable bonds is 7. The van der Waals surface area contributed by atoms with Gasteiger partial charge in [0.15, 0.2) is 0 Å². The third-order valence-electron chi connectivity index (χ3n) is 3.87. The second kappa shape index (κ2) is 8.41. The molecule has 16 heavy (non-hydrogen) atoms. The Hall–Kier alpha value is 0.310. The molecule has 1 saturated carbocycles. The molecule has 2 atom stereocenters. The molecule has 1 nitrogen and oxygen atoms in total. The van der Waals surface area contributed by atoms with Crippen LogP contribution >= 0.6 is 11.8 Å². The van der Waals surface area contributed by atoms with E-state index in [1.165, 1.54) is 50.7 Å². The van der Waals surface area contributed by atoms with Crippen molar-refractivity contribution in [2.24, 2.45) is 5.92 Å². The molecule has 0 aliphatic heterocycles. The van der Waals surface area contributed by atoms with E-state index < -0.39 is 0 Å². The van der Waals surface area contributed by atoms with Crippen LogP contribution in [0.4, 0.5) is 0 Å². The molecule has 0 saturated heterocycles. The summed E-state index contributed by atoms with van der Waals surface area (Å²) in [5.74, 6) is 2.13. The van der Waals surface area contributed by atoms with Gasteiger partial charge in [-0.2, -0.15) is 11.8 Å². The molecule has 2 heteroatoms. The maximum absolute atomic E-state index is 3.51. The third-order valence-corrected chi connectivity index (χ3v) is 5.36. The first-order valence-electron chi connectivity index (χ1n) is 7.06. The maximum Gasteiger partial charge on any atom is 0.0180 e. The second-order valence-electron chi connectivity index (χ2n) is 5.25. The summed E-state index contributed by atoms with van der Waals surface area (Å²) in [7, 11) is 2.12. The van der Waals surface area contributed by atoms with Gasteiger partial charge in [0.25, 0.3) is 0 Å². The van der Waals surface area contributed by atoms with Gasteiger partial charge in [-0.3, -0.25) is 0 Å². The number of nitrogens with one attached hydrogen (secondary N) is 1. The van der Waals surface area contributed by atoms with E-state index in [-0.39, 0.29) is 0 Å². The summed E-state index contributed by atoms with van der Waals surface area (Å²) in [6, 6.07) is 0.715. The van der Waals surface area contributed by atoms with Gasteiger partial charge >= 0.3 is 0 Å². The molecule has 0 spiro atoms. The smallest absolute Gasteiger partial charge is 0.0180 e. The lowest BCUT2D eigenvalue weighted by molar-refractivity contribution is 0.401. The Morgan fingerprint density at radius 3 is 2.50 bits per heavy atom. The highest BCUT2D eigenvalue weighted by Gasteiger charge is 2.19. The average Bonchev–Trinajstić information content (AvgIpc) is 2.31. The molecule has 0 bridgehead atoms. The summed E-state index contributed by atoms with van der Waals surface area (Å²) in [5, 5.41) is 4.46. The summed E-state index contributed by atoms with van der Waals surface area (Å²) in [5.41, 5.74) is 0. The van der Waals surface area contributed by atoms with Crippen LogP contribution in [-0.2, 0) is 0 Å². The molecular formula is C14H29NS. The highest BCUT2D eigenvalue weighted by Crippen LogP contribution is 2.29. The van der Waals surface area contributed by atoms with Crippen molar-refractivity contribution in [3.05, 3.63) is 0 Å². The van der Waals surface area contributed by atoms with Crippen LogP contribution in [0.15, 0.2) is 0 Å². The van der Waals surface area contributed by atoms with Crippen LogP contribution in [0.1, 0.15) is 58.8 Å². The quantitative estimate of drug-likeness (QED) is 0.723. The fraction of sp³-hybridized carbons (Fsp3) is 1.00. The monoisotopic (exact) mass is 243 g/mol. The molecule has 0 radical (unpaired) electrons. The summed E-state index contributed by atoms with van der Waals surface area (Å²) in [6.45, 7) is 4.68. The lowest BCUT2D eigenvalue weighted by Gasteiger charge is -2.27. The van der Waals surface area contributed by atoms with Crippen LogP contribution < -0.4 is 5.32 Å². The largest absolute Gasteiger partial charge is 0.316 e. The van der Waals surface area contributed by atoms with Crippen molar-refractivity contribution >= 4 is 11.8 Å². The van der Waals surface area contributed by atoms with E-state index in [1.54, 1.807) is 0 Å². The van der Waals surface area contributed by atoms with Gasteiger partial charge in [-0.25, -0.2) is 0 Å². The molecule has 1 aliphatic carbocycles. The van der Waals surface area contributed by atoms with Crippen molar-refractivity contribution in [3.8, 4) is 0 Å². The molecule has 1 fully saturated rings. The van der Waals surface area contributed by atoms with E-state index in [0.717, 1.165) is 11.2 Å². The fourth-order valence-electron chi connectivity index (χ4n) is 2.66. The standard InChI is InChI=1S/C14H29NS/c1-4-8-12(2)14(15-3)11-16-13-9-6-5-7-10-13/h12-15H,4-11H2,1-3H3. The average molecular weight is 243 g/mol. The molecule has 0 aromatic rings. The highest BCUT2D eigenvalue weighted by molar-refractivity contribution is 7.99. The van der Waals surface area contributed by atoms with Crippen LogP contribution in [0.3, 0.4) is 0 Å². The van der Waals surface area contributed by atoms with Gasteiger partial charge < -0.3 is 5.32 Å². The molecule has 2 unspecified atom stereocenters. The zero-order valence-corrected chi connectivity index (χ0v) is 12.1. The molecule has 1 rings (SSSR count). The van der Waals surface area contributed by atoms with Crippen LogP contribution in [0, 0.1) is 5.92 Å². The van der Waals surface area contributed by atoms with Crippen LogP contribution in [0.25, 0.3) is 0 Å². The van der Waals surface area contributed by atoms with Gasteiger partial charge in [-0.1, -0.05) is 39.5 Å². The number of thioether (sulfide) groups is 1. The first-order valence-corrected chi connectivity index (χ1v) is 8.11. The molecule has 0 heterocycles. The van der Waals surface area contributed by atoms with Crippen molar-refractivity contribution in [1.82, 2.24) is 5.32 Å². The minimum atomic E-state index is 0.715. The molecule has 0 aromatic heterocycles. The Kier molecular flexibility index (Phi) is 7.55. The third kappa shape index (κ3) is 5.09. The summed E-state index contributed by atoms with van der Waals surface area (Å²) < 4.78 is 0. The number of hydrogen-bond acceptors (Lipinski definition) is 2. The van der Waals surface area contributed by atoms with Crippen molar-refractivity contribution < 1.29 is 0 Å². The zero-order chi connectivity index (χ0) is 11.8. The Morgan fingerprint density at radius 2 is 1.94 bits per heavy atom. The van der Waals surface area contributed by atoms with E-state index in [0.29, 0.717) is 6.04 Å². The van der Waals surface area contributed by atoms with Gasteiger partial charge in [0.2, 0.25) is 0 Å². The Balaban J connectivity index is 2.21. The van der Waals surface area contributed by atoms with Gasteiger partial charge in [-0.05, 0) is 32.2 Å². The van der Waals surface area contributed by atoms with Gasteiger partial charge in [0.1, 0.15) is 0 Å². The topological polar surface area (TPSA) is 12.0 Å². The van der Waals surface area contributed by atoms with Gasteiger partial charge in [0.05, 0.1) is 0 Å². The van der Waals surface area contributed by atoms with Crippen molar-refractivity contribution in [2.45, 2.75) is 70.1 Å². The van der Waals surface area contributed by atoms with Crippen LogP contribution in [0.5, 0.6) is 0 Å². The van der Waals surface area contributed by atoms with E-state index in [9.17, 15) is 0 Å². The predicted molar refractivity (Wildman–Crippen MR) is 76.3 cm³/mol. The van der Waals surface area contributed by atoms with E-state index in [4.69, 9.17) is 0 Å². The summed E-state index contributed by atoms with van der Waals surface area (Å²) in [6.07, 6.45) is 9.99. The van der Waals surface area contributed by atoms with Crippen molar-refractivity contribution in [3.63, 3.8) is 0 Å². The summed E-state index contributed by atoms with van der Waals surface area (Å²) in [4.78, 5) is 0. The Labute approximate surface area is 106 Å². The van der Waals surface area contributed by atoms with Gasteiger partial charge in [0, 0.05) is 17.0 Å². The minimum Gasteiger partial charge on any atom is -0.316 e. The first-order chi connectivity index (χ1) is 7.77. The SMILES string of the molecule is CCCC(C)C(CSC1CCCCC1)NC. The molecule has 96 valence electrons. The second-order valence-corrected chi connectivity index (χ2v) is 6.59. The molecule has 1 aliphatic rings. The van der Waals surface area contributed by atoms with Crippen LogP contribution in [-0.4, -0.2) is 24.1 Å². The van der Waals surface area contributed by atoms with Crippen molar-refractivity contribution in [1.29, 1.82) is 0 Å².